The van der Waals surface area contributed by atoms with E-state index in [0.29, 0.717) is 11.7 Å². The van der Waals surface area contributed by atoms with Crippen LogP contribution in [0.2, 0.25) is 0 Å². The lowest BCUT2D eigenvalue weighted by molar-refractivity contribution is -0.136. The normalized spacial score (nSPS) is 21.5. The number of nitrogens with zero attached hydrogens (tertiary/aromatic N) is 3. The van der Waals surface area contributed by atoms with E-state index in [1.807, 2.05) is 29.2 Å². The topological polar surface area (TPSA) is 59.2 Å². The van der Waals surface area contributed by atoms with E-state index in [9.17, 15) is 4.79 Å². The minimum Gasteiger partial charge on any atom is -0.337 e. The number of halogens is 1. The number of carbonyl (C=O) groups excluding carboxylic acids is 1. The van der Waals surface area contributed by atoms with Crippen molar-refractivity contribution < 1.29 is 9.32 Å². The summed E-state index contributed by atoms with van der Waals surface area (Å²) in [7, 11) is 0. The highest BCUT2D eigenvalue weighted by Gasteiger charge is 2.37. The summed E-state index contributed by atoms with van der Waals surface area (Å²) < 4.78 is 6.52. The van der Waals surface area contributed by atoms with Crippen LogP contribution in [0.15, 0.2) is 33.3 Å². The molecule has 0 N–H and O–H groups in total. The summed E-state index contributed by atoms with van der Waals surface area (Å²) in [6.45, 7) is 0.802. The van der Waals surface area contributed by atoms with Crippen LogP contribution in [0.25, 0.3) is 11.4 Å². The molecule has 4 rings (SSSR count). The fourth-order valence-electron chi connectivity index (χ4n) is 3.78. The molecule has 1 aliphatic carbocycles. The van der Waals surface area contributed by atoms with Gasteiger partial charge in [-0.05, 0) is 49.9 Å². The maximum Gasteiger partial charge on any atom is 0.249 e. The van der Waals surface area contributed by atoms with Crippen molar-refractivity contribution in [2.24, 2.45) is 5.92 Å². The van der Waals surface area contributed by atoms with E-state index >= 15 is 0 Å². The van der Waals surface area contributed by atoms with Gasteiger partial charge in [0.25, 0.3) is 0 Å². The summed E-state index contributed by atoms with van der Waals surface area (Å²) in [5.74, 6) is 1.62. The summed E-state index contributed by atoms with van der Waals surface area (Å²) in [6, 6.07) is 7.76. The van der Waals surface area contributed by atoms with Gasteiger partial charge in [-0.25, -0.2) is 0 Å². The van der Waals surface area contributed by atoms with E-state index in [2.05, 4.69) is 26.1 Å². The standard InChI is InChI=1S/C18H20BrN3O2/c19-14-9-7-12(8-10-14)16-20-17(24-21-16)15-6-3-11-22(15)18(23)13-4-1-2-5-13/h7-10,13,15H,1-6,11H2. The van der Waals surface area contributed by atoms with Crippen molar-refractivity contribution in [1.82, 2.24) is 15.0 Å². The van der Waals surface area contributed by atoms with Crippen molar-refractivity contribution in [2.75, 3.05) is 6.54 Å². The Labute approximate surface area is 149 Å². The Bertz CT molecular complexity index is 722. The van der Waals surface area contributed by atoms with Crippen molar-refractivity contribution in [3.05, 3.63) is 34.6 Å². The zero-order chi connectivity index (χ0) is 16.5. The third-order valence-electron chi connectivity index (χ3n) is 5.07. The second-order valence-corrected chi connectivity index (χ2v) is 7.55. The minimum absolute atomic E-state index is 0.0604. The Morgan fingerprint density at radius 3 is 2.62 bits per heavy atom. The largest absolute Gasteiger partial charge is 0.337 e. The molecule has 1 aromatic heterocycles. The smallest absolute Gasteiger partial charge is 0.249 e. The molecule has 1 saturated carbocycles. The van der Waals surface area contributed by atoms with Gasteiger partial charge in [-0.2, -0.15) is 4.98 Å². The Hall–Kier alpha value is -1.69. The summed E-state index contributed by atoms with van der Waals surface area (Å²) in [6.07, 6.45) is 6.29. The Morgan fingerprint density at radius 1 is 1.12 bits per heavy atom. The summed E-state index contributed by atoms with van der Waals surface area (Å²) in [5.41, 5.74) is 0.917. The van der Waals surface area contributed by atoms with Crippen LogP contribution >= 0.6 is 15.9 Å². The van der Waals surface area contributed by atoms with Crippen molar-refractivity contribution in [3.8, 4) is 11.4 Å². The molecule has 6 heteroatoms. The maximum absolute atomic E-state index is 12.8. The number of hydrogen-bond donors (Lipinski definition) is 0. The highest BCUT2D eigenvalue weighted by Crippen LogP contribution is 2.36. The third-order valence-corrected chi connectivity index (χ3v) is 5.60. The molecule has 0 bridgehead atoms. The number of benzene rings is 1. The number of hydrogen-bond acceptors (Lipinski definition) is 4. The first-order valence-corrected chi connectivity index (χ1v) is 9.42. The zero-order valence-electron chi connectivity index (χ0n) is 13.4. The molecule has 126 valence electrons. The number of amides is 1. The molecule has 1 aromatic carbocycles. The molecule has 2 heterocycles. The zero-order valence-corrected chi connectivity index (χ0v) is 15.0. The van der Waals surface area contributed by atoms with E-state index in [4.69, 9.17) is 4.52 Å². The lowest BCUT2D eigenvalue weighted by atomic mass is 10.1. The molecule has 1 unspecified atom stereocenters. The molecule has 1 saturated heterocycles. The van der Waals surface area contributed by atoms with Crippen LogP contribution in [-0.2, 0) is 4.79 Å². The van der Waals surface area contributed by atoms with Crippen LogP contribution in [0.1, 0.15) is 50.5 Å². The Kier molecular flexibility index (Phi) is 4.39. The third kappa shape index (κ3) is 2.99. The maximum atomic E-state index is 12.8. The van der Waals surface area contributed by atoms with Crippen molar-refractivity contribution in [3.63, 3.8) is 0 Å². The second-order valence-electron chi connectivity index (χ2n) is 6.63. The predicted octanol–water partition coefficient (Wildman–Crippen LogP) is 4.35. The Balaban J connectivity index is 1.54. The summed E-state index contributed by atoms with van der Waals surface area (Å²) >= 11 is 3.42. The van der Waals surface area contributed by atoms with Crippen LogP contribution in [0.3, 0.4) is 0 Å². The van der Waals surface area contributed by atoms with Gasteiger partial charge in [0, 0.05) is 22.5 Å². The minimum atomic E-state index is -0.0604. The van der Waals surface area contributed by atoms with Crippen LogP contribution in [0.5, 0.6) is 0 Å². The van der Waals surface area contributed by atoms with Gasteiger partial charge in [-0.15, -0.1) is 0 Å². The average molecular weight is 390 g/mol. The number of aromatic nitrogens is 2. The van der Waals surface area contributed by atoms with Gasteiger partial charge < -0.3 is 9.42 Å². The van der Waals surface area contributed by atoms with Gasteiger partial charge in [-0.3, -0.25) is 4.79 Å². The van der Waals surface area contributed by atoms with E-state index in [1.165, 1.54) is 12.8 Å². The van der Waals surface area contributed by atoms with Crippen LogP contribution in [-0.4, -0.2) is 27.5 Å². The molecule has 24 heavy (non-hydrogen) atoms. The summed E-state index contributed by atoms with van der Waals surface area (Å²) in [5, 5.41) is 4.11. The first-order valence-electron chi connectivity index (χ1n) is 8.62. The molecular weight excluding hydrogens is 370 g/mol. The van der Waals surface area contributed by atoms with Gasteiger partial charge in [0.05, 0.1) is 0 Å². The van der Waals surface area contributed by atoms with Crippen LogP contribution < -0.4 is 0 Å². The fraction of sp³-hybridized carbons (Fsp3) is 0.500. The molecule has 2 aromatic rings. The van der Waals surface area contributed by atoms with E-state index in [-0.39, 0.29) is 17.9 Å². The van der Waals surface area contributed by atoms with Gasteiger partial charge in [0.15, 0.2) is 0 Å². The lowest BCUT2D eigenvalue weighted by Gasteiger charge is -2.24. The highest BCUT2D eigenvalue weighted by molar-refractivity contribution is 9.10. The molecule has 5 nitrogen and oxygen atoms in total. The number of likely N-dealkylation sites (tertiary alicyclic amines) is 1. The highest BCUT2D eigenvalue weighted by atomic mass is 79.9. The molecule has 1 atom stereocenters. The number of rotatable bonds is 3. The number of carbonyl (C=O) groups is 1. The summed E-state index contributed by atoms with van der Waals surface area (Å²) in [4.78, 5) is 19.3. The monoisotopic (exact) mass is 389 g/mol. The van der Waals surface area contributed by atoms with Crippen LogP contribution in [0, 0.1) is 5.92 Å². The molecular formula is C18H20BrN3O2. The van der Waals surface area contributed by atoms with Gasteiger partial charge in [0.2, 0.25) is 17.6 Å². The molecule has 1 amide bonds. The van der Waals surface area contributed by atoms with Crippen molar-refractivity contribution in [2.45, 2.75) is 44.6 Å². The lowest BCUT2D eigenvalue weighted by Crippen LogP contribution is -2.35. The van der Waals surface area contributed by atoms with Crippen molar-refractivity contribution in [1.29, 1.82) is 0 Å². The quantitative estimate of drug-likeness (QED) is 0.782. The van der Waals surface area contributed by atoms with Crippen molar-refractivity contribution >= 4 is 21.8 Å². The van der Waals surface area contributed by atoms with Gasteiger partial charge in [0.1, 0.15) is 6.04 Å². The van der Waals surface area contributed by atoms with Gasteiger partial charge >= 0.3 is 0 Å². The Morgan fingerprint density at radius 2 is 1.88 bits per heavy atom. The van der Waals surface area contributed by atoms with Gasteiger partial charge in [-0.1, -0.05) is 33.9 Å². The SMILES string of the molecule is O=C(C1CCCC1)N1CCCC1c1nc(-c2ccc(Br)cc2)no1. The molecule has 1 aliphatic heterocycles. The first kappa shape index (κ1) is 15.8. The molecule has 2 fully saturated rings. The molecule has 2 aliphatic rings. The average Bonchev–Trinajstić information content (AvgIpc) is 3.34. The van der Waals surface area contributed by atoms with Crippen LogP contribution in [0.4, 0.5) is 0 Å². The predicted molar refractivity (Wildman–Crippen MR) is 93.1 cm³/mol. The molecule has 0 radical (unpaired) electrons. The van der Waals surface area contributed by atoms with E-state index in [0.717, 1.165) is 42.3 Å². The fourth-order valence-corrected chi connectivity index (χ4v) is 4.05. The molecule has 0 spiro atoms. The van der Waals surface area contributed by atoms with E-state index in [1.54, 1.807) is 0 Å². The second kappa shape index (κ2) is 6.67. The van der Waals surface area contributed by atoms with E-state index < -0.39 is 0 Å². The first-order chi connectivity index (χ1) is 11.7.